The lowest BCUT2D eigenvalue weighted by Gasteiger charge is -2.21. The Hall–Kier alpha value is -2.44. The number of nitrogens with zero attached hydrogens (tertiary/aromatic N) is 1. The molecule has 5 nitrogen and oxygen atoms in total. The molecule has 1 saturated heterocycles. The molecule has 1 amide bonds. The van der Waals surface area contributed by atoms with E-state index < -0.39 is 16.1 Å². The van der Waals surface area contributed by atoms with Crippen molar-refractivity contribution in [2.75, 3.05) is 13.1 Å². The fourth-order valence-corrected chi connectivity index (χ4v) is 4.81. The van der Waals surface area contributed by atoms with Crippen molar-refractivity contribution >= 4 is 22.0 Å². The maximum absolute atomic E-state index is 12.7. The van der Waals surface area contributed by atoms with Crippen LogP contribution in [0.4, 0.5) is 0 Å². The highest BCUT2D eigenvalue weighted by Gasteiger charge is 2.37. The molecule has 1 aliphatic rings. The van der Waals surface area contributed by atoms with Crippen LogP contribution in [-0.4, -0.2) is 37.8 Å². The largest absolute Gasteiger partial charge is 0.355 e. The molecule has 0 aliphatic carbocycles. The van der Waals surface area contributed by atoms with Gasteiger partial charge in [0.15, 0.2) is 0 Å². The van der Waals surface area contributed by atoms with E-state index in [1.807, 2.05) is 48.5 Å². The van der Waals surface area contributed by atoms with E-state index in [0.29, 0.717) is 25.9 Å². The summed E-state index contributed by atoms with van der Waals surface area (Å²) in [6, 6.07) is 18.7. The van der Waals surface area contributed by atoms with Crippen LogP contribution in [0.5, 0.6) is 0 Å². The van der Waals surface area contributed by atoms with Crippen LogP contribution in [0.1, 0.15) is 30.4 Å². The molecule has 0 bridgehead atoms. The predicted octanol–water partition coefficient (Wildman–Crippen LogP) is 3.20. The number of nitrogens with one attached hydrogen (secondary N) is 1. The summed E-state index contributed by atoms with van der Waals surface area (Å²) in [5, 5.41) is 4.10. The molecule has 1 heterocycles. The minimum atomic E-state index is -3.63. The van der Waals surface area contributed by atoms with E-state index in [2.05, 4.69) is 17.4 Å². The molecule has 2 aromatic carbocycles. The van der Waals surface area contributed by atoms with Crippen molar-refractivity contribution in [3.05, 3.63) is 77.2 Å². The quantitative estimate of drug-likeness (QED) is 0.695. The van der Waals surface area contributed by atoms with Gasteiger partial charge in [-0.1, -0.05) is 60.7 Å². The zero-order valence-corrected chi connectivity index (χ0v) is 16.6. The van der Waals surface area contributed by atoms with Crippen molar-refractivity contribution in [3.8, 4) is 0 Å². The van der Waals surface area contributed by atoms with Crippen LogP contribution in [0.15, 0.2) is 66.1 Å². The van der Waals surface area contributed by atoms with Crippen molar-refractivity contribution in [1.29, 1.82) is 0 Å². The van der Waals surface area contributed by atoms with Crippen molar-refractivity contribution in [3.63, 3.8) is 0 Å². The maximum atomic E-state index is 12.7. The fourth-order valence-electron chi connectivity index (χ4n) is 3.38. The van der Waals surface area contributed by atoms with E-state index in [-0.39, 0.29) is 5.91 Å². The summed E-state index contributed by atoms with van der Waals surface area (Å²) in [4.78, 5) is 12.5. The first-order chi connectivity index (χ1) is 13.6. The summed E-state index contributed by atoms with van der Waals surface area (Å²) in [6.45, 7) is 0.918. The number of rotatable bonds is 8. The summed E-state index contributed by atoms with van der Waals surface area (Å²) in [7, 11) is -3.63. The summed E-state index contributed by atoms with van der Waals surface area (Å²) >= 11 is 0. The zero-order chi connectivity index (χ0) is 19.8. The number of carbonyl (C=O) groups is 1. The number of hydrogen-bond donors (Lipinski definition) is 1. The maximum Gasteiger partial charge on any atom is 0.238 e. The first-order valence-corrected chi connectivity index (χ1v) is 11.1. The van der Waals surface area contributed by atoms with Crippen LogP contribution in [-0.2, 0) is 21.2 Å². The van der Waals surface area contributed by atoms with Gasteiger partial charge >= 0.3 is 0 Å². The predicted molar refractivity (Wildman–Crippen MR) is 112 cm³/mol. The molecule has 0 spiro atoms. The van der Waals surface area contributed by atoms with Crippen molar-refractivity contribution < 1.29 is 13.2 Å². The van der Waals surface area contributed by atoms with Gasteiger partial charge in [-0.05, 0) is 42.9 Å². The molecule has 1 fully saturated rings. The van der Waals surface area contributed by atoms with Crippen LogP contribution in [0.25, 0.3) is 6.08 Å². The molecule has 1 N–H and O–H groups in total. The van der Waals surface area contributed by atoms with Gasteiger partial charge < -0.3 is 5.32 Å². The lowest BCUT2D eigenvalue weighted by atomic mass is 10.1. The molecule has 3 rings (SSSR count). The lowest BCUT2D eigenvalue weighted by molar-refractivity contribution is -0.124. The average molecular weight is 399 g/mol. The fraction of sp³-hybridized carbons (Fsp3) is 0.318. The summed E-state index contributed by atoms with van der Waals surface area (Å²) < 4.78 is 26.7. The third-order valence-corrected chi connectivity index (χ3v) is 6.42. The first kappa shape index (κ1) is 20.3. The normalized spacial score (nSPS) is 17.8. The molecule has 0 radical (unpaired) electrons. The smallest absolute Gasteiger partial charge is 0.238 e. The Kier molecular flexibility index (Phi) is 7.01. The van der Waals surface area contributed by atoms with Gasteiger partial charge in [-0.15, -0.1) is 0 Å². The second-order valence-electron chi connectivity index (χ2n) is 6.91. The average Bonchev–Trinajstić information content (AvgIpc) is 3.22. The zero-order valence-electron chi connectivity index (χ0n) is 15.8. The second kappa shape index (κ2) is 9.66. The van der Waals surface area contributed by atoms with Crippen LogP contribution in [0.2, 0.25) is 0 Å². The molecular weight excluding hydrogens is 372 g/mol. The Bertz CT molecular complexity index is 896. The Morgan fingerprint density at radius 2 is 1.75 bits per heavy atom. The summed E-state index contributed by atoms with van der Waals surface area (Å²) in [6.07, 6.45) is 4.53. The molecule has 0 saturated carbocycles. The Labute approximate surface area is 167 Å². The van der Waals surface area contributed by atoms with Crippen molar-refractivity contribution in [2.24, 2.45) is 0 Å². The molecule has 1 atom stereocenters. The molecule has 148 valence electrons. The highest BCUT2D eigenvalue weighted by atomic mass is 32.2. The van der Waals surface area contributed by atoms with Crippen LogP contribution >= 0.6 is 0 Å². The lowest BCUT2D eigenvalue weighted by Crippen LogP contribution is -2.45. The molecule has 2 aromatic rings. The SMILES string of the molecule is O=C(NCCCc1ccccc1)C1CCCN1S(=O)(=O)/C=C/c1ccccc1. The van der Waals surface area contributed by atoms with Crippen LogP contribution in [0, 0.1) is 0 Å². The van der Waals surface area contributed by atoms with Gasteiger partial charge in [-0.3, -0.25) is 4.79 Å². The number of aryl methyl sites for hydroxylation is 1. The van der Waals surface area contributed by atoms with E-state index >= 15 is 0 Å². The number of carbonyl (C=O) groups excluding carboxylic acids is 1. The number of benzene rings is 2. The summed E-state index contributed by atoms with van der Waals surface area (Å²) in [5.74, 6) is -0.206. The molecule has 1 unspecified atom stereocenters. The number of amides is 1. The van der Waals surface area contributed by atoms with Gasteiger partial charge in [0.05, 0.1) is 0 Å². The standard InChI is InChI=1S/C22H26N2O3S/c25-22(23-16-7-13-19-9-3-1-4-10-19)21-14-8-17-24(21)28(26,27)18-15-20-11-5-2-6-12-20/h1-6,9-12,15,18,21H,7-8,13-14,16-17H2,(H,23,25)/b18-15+. The first-order valence-electron chi connectivity index (χ1n) is 9.63. The van der Waals surface area contributed by atoms with Gasteiger partial charge in [-0.2, -0.15) is 4.31 Å². The molecule has 28 heavy (non-hydrogen) atoms. The molecule has 0 aromatic heterocycles. The van der Waals surface area contributed by atoms with Gasteiger partial charge in [0, 0.05) is 18.5 Å². The highest BCUT2D eigenvalue weighted by Crippen LogP contribution is 2.22. The monoisotopic (exact) mass is 398 g/mol. The molecule has 1 aliphatic heterocycles. The van der Waals surface area contributed by atoms with Crippen LogP contribution < -0.4 is 5.32 Å². The van der Waals surface area contributed by atoms with Gasteiger partial charge in [-0.25, -0.2) is 8.42 Å². The molecular formula is C22H26N2O3S. The van der Waals surface area contributed by atoms with Gasteiger partial charge in [0.1, 0.15) is 6.04 Å². The third kappa shape index (κ3) is 5.53. The highest BCUT2D eigenvalue weighted by molar-refractivity contribution is 7.92. The van der Waals surface area contributed by atoms with Gasteiger partial charge in [0.2, 0.25) is 15.9 Å². The Balaban J connectivity index is 1.54. The van der Waals surface area contributed by atoms with Crippen LogP contribution in [0.3, 0.4) is 0 Å². The third-order valence-electron chi connectivity index (χ3n) is 4.85. The summed E-state index contributed by atoms with van der Waals surface area (Å²) in [5.41, 5.74) is 2.04. The van der Waals surface area contributed by atoms with Gasteiger partial charge in [0.25, 0.3) is 0 Å². The second-order valence-corrected chi connectivity index (χ2v) is 8.68. The minimum Gasteiger partial charge on any atom is -0.355 e. The van der Waals surface area contributed by atoms with Crippen molar-refractivity contribution in [2.45, 2.75) is 31.7 Å². The van der Waals surface area contributed by atoms with E-state index in [1.54, 1.807) is 6.08 Å². The Morgan fingerprint density at radius 3 is 2.46 bits per heavy atom. The van der Waals surface area contributed by atoms with E-state index in [9.17, 15) is 13.2 Å². The van der Waals surface area contributed by atoms with Crippen molar-refractivity contribution in [1.82, 2.24) is 9.62 Å². The minimum absolute atomic E-state index is 0.206. The Morgan fingerprint density at radius 1 is 1.07 bits per heavy atom. The topological polar surface area (TPSA) is 66.5 Å². The van der Waals surface area contributed by atoms with E-state index in [1.165, 1.54) is 15.3 Å². The van der Waals surface area contributed by atoms with E-state index in [4.69, 9.17) is 0 Å². The number of hydrogen-bond acceptors (Lipinski definition) is 3. The number of sulfonamides is 1. The van der Waals surface area contributed by atoms with E-state index in [0.717, 1.165) is 18.4 Å². The molecule has 6 heteroatoms.